The van der Waals surface area contributed by atoms with Crippen molar-refractivity contribution < 1.29 is 13.2 Å². The zero-order valence-corrected chi connectivity index (χ0v) is 20.1. The molecule has 2 saturated heterocycles. The summed E-state index contributed by atoms with van der Waals surface area (Å²) in [6, 6.07) is 7.86. The number of amides is 1. The molecule has 1 aromatic heterocycles. The molecule has 0 spiro atoms. The van der Waals surface area contributed by atoms with E-state index in [2.05, 4.69) is 9.88 Å². The number of aromatic nitrogens is 2. The number of carbonyl (C=O) groups is 1. The van der Waals surface area contributed by atoms with Crippen LogP contribution in [0.15, 0.2) is 41.8 Å². The summed E-state index contributed by atoms with van der Waals surface area (Å²) < 4.78 is 29.4. The summed E-state index contributed by atoms with van der Waals surface area (Å²) in [5.41, 5.74) is 1.06. The molecule has 1 atom stereocenters. The summed E-state index contributed by atoms with van der Waals surface area (Å²) in [5.74, 6) is -0.271. The summed E-state index contributed by atoms with van der Waals surface area (Å²) >= 11 is 6.11. The van der Waals surface area contributed by atoms with Crippen molar-refractivity contribution in [3.63, 3.8) is 0 Å². The van der Waals surface area contributed by atoms with Crippen LogP contribution in [0.1, 0.15) is 32.7 Å². The van der Waals surface area contributed by atoms with E-state index in [1.807, 2.05) is 43.0 Å². The highest BCUT2D eigenvalue weighted by atomic mass is 35.5. The van der Waals surface area contributed by atoms with Crippen molar-refractivity contribution in [3.05, 3.63) is 41.8 Å². The third-order valence-electron chi connectivity index (χ3n) is 6.28. The minimum absolute atomic E-state index is 0.0448. The lowest BCUT2D eigenvalue weighted by Gasteiger charge is -2.39. The molecule has 10 heteroatoms. The summed E-state index contributed by atoms with van der Waals surface area (Å²) in [6.45, 7) is 7.27. The van der Waals surface area contributed by atoms with Gasteiger partial charge in [-0.1, -0.05) is 17.7 Å². The number of piperazine rings is 1. The van der Waals surface area contributed by atoms with E-state index in [-0.39, 0.29) is 29.4 Å². The Morgan fingerprint density at radius 3 is 2.56 bits per heavy atom. The average molecular weight is 480 g/mol. The number of anilines is 1. The maximum atomic E-state index is 13.2. The Morgan fingerprint density at radius 1 is 1.16 bits per heavy atom. The first-order valence-electron chi connectivity index (χ1n) is 11.1. The number of rotatable bonds is 5. The SMILES string of the molecule is CC(C)n1cnc(S(=O)(=O)N2CCC[C@H](C(=O)N3CCN(c4cccc(Cl)c4)CC3)C2)c1. The van der Waals surface area contributed by atoms with E-state index in [1.54, 1.807) is 17.1 Å². The van der Waals surface area contributed by atoms with E-state index in [0.717, 1.165) is 18.8 Å². The molecule has 1 aromatic carbocycles. The molecule has 2 aliphatic rings. The molecule has 0 unspecified atom stereocenters. The molecule has 0 saturated carbocycles. The van der Waals surface area contributed by atoms with Crippen LogP contribution in [0.3, 0.4) is 0 Å². The van der Waals surface area contributed by atoms with Crippen LogP contribution in [0.5, 0.6) is 0 Å². The van der Waals surface area contributed by atoms with Crippen LogP contribution in [0, 0.1) is 5.92 Å². The number of sulfonamides is 1. The number of halogens is 1. The molecule has 32 heavy (non-hydrogen) atoms. The second-order valence-electron chi connectivity index (χ2n) is 8.75. The van der Waals surface area contributed by atoms with Crippen molar-refractivity contribution in [2.24, 2.45) is 5.92 Å². The fourth-order valence-corrected chi connectivity index (χ4v) is 5.97. The van der Waals surface area contributed by atoms with Crippen LogP contribution in [-0.4, -0.2) is 72.3 Å². The lowest BCUT2D eigenvalue weighted by Crippen LogP contribution is -2.53. The quantitative estimate of drug-likeness (QED) is 0.658. The lowest BCUT2D eigenvalue weighted by atomic mass is 9.97. The van der Waals surface area contributed by atoms with Crippen LogP contribution in [0.4, 0.5) is 5.69 Å². The van der Waals surface area contributed by atoms with Gasteiger partial charge in [0, 0.05) is 62.2 Å². The number of hydrogen-bond donors (Lipinski definition) is 0. The molecule has 8 nitrogen and oxygen atoms in total. The number of carbonyl (C=O) groups excluding carboxylic acids is 1. The summed E-state index contributed by atoms with van der Waals surface area (Å²) in [6.07, 6.45) is 4.49. The van der Waals surface area contributed by atoms with E-state index in [1.165, 1.54) is 4.31 Å². The van der Waals surface area contributed by atoms with E-state index in [0.29, 0.717) is 37.5 Å². The minimum atomic E-state index is -3.71. The van der Waals surface area contributed by atoms with Gasteiger partial charge in [-0.2, -0.15) is 4.31 Å². The molecular formula is C22H30ClN5O3S. The highest BCUT2D eigenvalue weighted by Crippen LogP contribution is 2.26. The Labute approximate surface area is 194 Å². The monoisotopic (exact) mass is 479 g/mol. The van der Waals surface area contributed by atoms with Crippen molar-refractivity contribution in [1.29, 1.82) is 0 Å². The van der Waals surface area contributed by atoms with Crippen molar-refractivity contribution in [2.75, 3.05) is 44.2 Å². The van der Waals surface area contributed by atoms with Crippen molar-refractivity contribution in [1.82, 2.24) is 18.8 Å². The lowest BCUT2D eigenvalue weighted by molar-refractivity contribution is -0.137. The first kappa shape index (κ1) is 23.1. The zero-order chi connectivity index (χ0) is 22.9. The maximum Gasteiger partial charge on any atom is 0.262 e. The van der Waals surface area contributed by atoms with Crippen molar-refractivity contribution in [2.45, 2.75) is 37.8 Å². The van der Waals surface area contributed by atoms with Gasteiger partial charge in [0.05, 0.1) is 12.2 Å². The zero-order valence-electron chi connectivity index (χ0n) is 18.5. The Bertz CT molecular complexity index is 1060. The minimum Gasteiger partial charge on any atom is -0.368 e. The molecule has 0 aliphatic carbocycles. The van der Waals surface area contributed by atoms with Gasteiger partial charge in [0.1, 0.15) is 0 Å². The standard InChI is InChI=1S/C22H30ClN5O3S/c1-17(2)27-15-21(24-16-27)32(30,31)28-8-4-5-18(14-28)22(29)26-11-9-25(10-12-26)20-7-3-6-19(23)13-20/h3,6-7,13,15-18H,4-5,8-12,14H2,1-2H3/t18-/m0/s1. The van der Waals surface area contributed by atoms with Gasteiger partial charge < -0.3 is 14.4 Å². The van der Waals surface area contributed by atoms with Gasteiger partial charge in [-0.05, 0) is 44.9 Å². The molecule has 0 bridgehead atoms. The normalized spacial score (nSPS) is 20.7. The van der Waals surface area contributed by atoms with Crippen LogP contribution in [-0.2, 0) is 14.8 Å². The molecule has 174 valence electrons. The first-order valence-corrected chi connectivity index (χ1v) is 12.9. The fourth-order valence-electron chi connectivity index (χ4n) is 4.34. The Balaban J connectivity index is 1.38. The van der Waals surface area contributed by atoms with Gasteiger partial charge in [-0.25, -0.2) is 13.4 Å². The number of benzene rings is 1. The van der Waals surface area contributed by atoms with Crippen LogP contribution >= 0.6 is 11.6 Å². The number of piperidine rings is 1. The predicted molar refractivity (Wildman–Crippen MR) is 124 cm³/mol. The summed E-state index contributed by atoms with van der Waals surface area (Å²) in [4.78, 5) is 21.4. The van der Waals surface area contributed by atoms with Gasteiger partial charge in [0.15, 0.2) is 5.03 Å². The second-order valence-corrected chi connectivity index (χ2v) is 11.1. The Kier molecular flexibility index (Phi) is 6.78. The molecule has 0 radical (unpaired) electrons. The maximum absolute atomic E-state index is 13.2. The van der Waals surface area contributed by atoms with Crippen LogP contribution in [0.2, 0.25) is 5.02 Å². The summed E-state index contributed by atoms with van der Waals surface area (Å²) in [7, 11) is -3.71. The van der Waals surface area contributed by atoms with E-state index < -0.39 is 10.0 Å². The van der Waals surface area contributed by atoms with Gasteiger partial charge in [0.25, 0.3) is 10.0 Å². The fraction of sp³-hybridized carbons (Fsp3) is 0.545. The van der Waals surface area contributed by atoms with Gasteiger partial charge in [-0.15, -0.1) is 0 Å². The molecule has 1 amide bonds. The smallest absolute Gasteiger partial charge is 0.262 e. The van der Waals surface area contributed by atoms with Gasteiger partial charge in [0.2, 0.25) is 5.91 Å². The molecule has 0 N–H and O–H groups in total. The van der Waals surface area contributed by atoms with E-state index in [9.17, 15) is 13.2 Å². The molecule has 2 fully saturated rings. The number of imidazole rings is 1. The molecule has 3 heterocycles. The Morgan fingerprint density at radius 2 is 1.91 bits per heavy atom. The molecule has 4 rings (SSSR count). The number of hydrogen-bond acceptors (Lipinski definition) is 5. The molecular weight excluding hydrogens is 450 g/mol. The number of nitrogens with zero attached hydrogens (tertiary/aromatic N) is 5. The molecule has 2 aromatic rings. The third-order valence-corrected chi connectivity index (χ3v) is 8.26. The second kappa shape index (κ2) is 9.41. The molecule has 2 aliphatic heterocycles. The highest BCUT2D eigenvalue weighted by Gasteiger charge is 2.36. The topological polar surface area (TPSA) is 78.8 Å². The van der Waals surface area contributed by atoms with Gasteiger partial charge >= 0.3 is 0 Å². The Hall–Kier alpha value is -2.10. The van der Waals surface area contributed by atoms with E-state index in [4.69, 9.17) is 11.6 Å². The van der Waals surface area contributed by atoms with Gasteiger partial charge in [-0.3, -0.25) is 4.79 Å². The van der Waals surface area contributed by atoms with Crippen LogP contribution < -0.4 is 4.90 Å². The predicted octanol–water partition coefficient (Wildman–Crippen LogP) is 2.87. The average Bonchev–Trinajstić information content (AvgIpc) is 3.31. The first-order chi connectivity index (χ1) is 15.3. The highest BCUT2D eigenvalue weighted by molar-refractivity contribution is 7.89. The van der Waals surface area contributed by atoms with Crippen molar-refractivity contribution >= 4 is 33.2 Å². The van der Waals surface area contributed by atoms with Crippen LogP contribution in [0.25, 0.3) is 0 Å². The third kappa shape index (κ3) is 4.79. The largest absolute Gasteiger partial charge is 0.368 e. The van der Waals surface area contributed by atoms with E-state index >= 15 is 0 Å². The summed E-state index contributed by atoms with van der Waals surface area (Å²) in [5, 5.41) is 0.747. The van der Waals surface area contributed by atoms with Crippen molar-refractivity contribution in [3.8, 4) is 0 Å².